The van der Waals surface area contributed by atoms with Crippen molar-refractivity contribution in [3.8, 4) is 0 Å². The molecule has 0 bridgehead atoms. The number of hydrogen-bond acceptors (Lipinski definition) is 3. The molecule has 0 amide bonds. The maximum absolute atomic E-state index is 12.5. The Kier molecular flexibility index (Phi) is 5.97. The van der Waals surface area contributed by atoms with E-state index in [0.717, 1.165) is 16.6 Å². The first-order valence-electron chi connectivity index (χ1n) is 7.66. The summed E-state index contributed by atoms with van der Waals surface area (Å²) in [5.74, 6) is 0.921. The Labute approximate surface area is 136 Å². The van der Waals surface area contributed by atoms with Crippen molar-refractivity contribution in [1.29, 1.82) is 0 Å². The van der Waals surface area contributed by atoms with E-state index in [4.69, 9.17) is 0 Å². The van der Waals surface area contributed by atoms with Crippen LogP contribution in [-0.4, -0.2) is 55.4 Å². The molecule has 1 atom stereocenters. The Morgan fingerprint density at radius 1 is 1.33 bits per heavy atom. The van der Waals surface area contributed by atoms with Gasteiger partial charge >= 0.3 is 0 Å². The minimum atomic E-state index is -0.0640. The zero-order valence-electron chi connectivity index (χ0n) is 13.2. The van der Waals surface area contributed by atoms with Crippen molar-refractivity contribution in [2.24, 2.45) is 5.92 Å². The average molecular weight is 353 g/mol. The molecule has 0 aliphatic carbocycles. The summed E-state index contributed by atoms with van der Waals surface area (Å²) in [5.41, 5.74) is 0.793. The molecule has 2 rings (SSSR count). The van der Waals surface area contributed by atoms with E-state index in [1.165, 1.54) is 25.9 Å². The normalized spacial score (nSPS) is 18.9. The van der Waals surface area contributed by atoms with Gasteiger partial charge in [-0.25, -0.2) is 0 Å². The number of carbonyl (C=O) groups is 1. The van der Waals surface area contributed by atoms with Crippen molar-refractivity contribution in [3.05, 3.63) is 34.3 Å². The Balaban J connectivity index is 1.90. The van der Waals surface area contributed by atoms with Crippen LogP contribution >= 0.6 is 15.9 Å². The number of halogens is 1. The van der Waals surface area contributed by atoms with Crippen LogP contribution in [0.3, 0.4) is 0 Å². The average Bonchev–Trinajstić information content (AvgIpc) is 2.49. The van der Waals surface area contributed by atoms with Crippen LogP contribution in [0.2, 0.25) is 0 Å². The fraction of sp³-hybridized carbons (Fsp3) is 0.588. The van der Waals surface area contributed by atoms with Gasteiger partial charge in [0.15, 0.2) is 5.78 Å². The topological polar surface area (TPSA) is 23.6 Å². The number of carbonyl (C=O) groups excluding carboxylic acids is 1. The predicted molar refractivity (Wildman–Crippen MR) is 90.8 cm³/mol. The highest BCUT2D eigenvalue weighted by Crippen LogP contribution is 2.19. The molecule has 1 heterocycles. The van der Waals surface area contributed by atoms with E-state index in [1.807, 2.05) is 31.2 Å². The largest absolute Gasteiger partial charge is 0.306 e. The number of Topliss-reactive ketones (excluding diaryl/α,β-unsaturated/α-hetero) is 1. The van der Waals surface area contributed by atoms with Gasteiger partial charge in [0, 0.05) is 16.6 Å². The van der Waals surface area contributed by atoms with E-state index in [9.17, 15) is 4.79 Å². The number of ketones is 1. The van der Waals surface area contributed by atoms with Crippen LogP contribution in [0.1, 0.15) is 30.1 Å². The van der Waals surface area contributed by atoms with Crippen LogP contribution in [0.25, 0.3) is 0 Å². The lowest BCUT2D eigenvalue weighted by Crippen LogP contribution is -2.41. The summed E-state index contributed by atoms with van der Waals surface area (Å²) in [7, 11) is 4.25. The SMILES string of the molecule is CC(C(=O)c1ccc(Br)cc1)N(C)CC1CCN(C)CC1. The molecule has 1 aliphatic heterocycles. The summed E-state index contributed by atoms with van der Waals surface area (Å²) in [5, 5.41) is 0. The summed E-state index contributed by atoms with van der Waals surface area (Å²) in [6.45, 7) is 5.37. The van der Waals surface area contributed by atoms with E-state index in [-0.39, 0.29) is 11.8 Å². The number of benzene rings is 1. The highest BCUT2D eigenvalue weighted by atomic mass is 79.9. The summed E-state index contributed by atoms with van der Waals surface area (Å²) in [6, 6.07) is 7.58. The van der Waals surface area contributed by atoms with E-state index in [0.29, 0.717) is 5.92 Å². The first-order valence-corrected chi connectivity index (χ1v) is 8.45. The van der Waals surface area contributed by atoms with Crippen molar-refractivity contribution in [1.82, 2.24) is 9.80 Å². The number of piperidine rings is 1. The molecule has 1 fully saturated rings. The Morgan fingerprint density at radius 3 is 2.48 bits per heavy atom. The van der Waals surface area contributed by atoms with Crippen molar-refractivity contribution in [2.45, 2.75) is 25.8 Å². The van der Waals surface area contributed by atoms with Crippen LogP contribution in [-0.2, 0) is 0 Å². The first kappa shape index (κ1) is 16.7. The standard InChI is InChI=1S/C17H25BrN2O/c1-13(17(21)15-4-6-16(18)7-5-15)20(3)12-14-8-10-19(2)11-9-14/h4-7,13-14H,8-12H2,1-3H3. The lowest BCUT2D eigenvalue weighted by molar-refractivity contribution is 0.0829. The van der Waals surface area contributed by atoms with Gasteiger partial charge in [-0.05, 0) is 65.0 Å². The van der Waals surface area contributed by atoms with E-state index in [2.05, 4.69) is 39.8 Å². The molecule has 1 aromatic rings. The van der Waals surface area contributed by atoms with Gasteiger partial charge in [0.05, 0.1) is 6.04 Å². The van der Waals surface area contributed by atoms with Crippen molar-refractivity contribution < 1.29 is 4.79 Å². The van der Waals surface area contributed by atoms with E-state index >= 15 is 0 Å². The molecule has 1 aliphatic rings. The summed E-state index contributed by atoms with van der Waals surface area (Å²) >= 11 is 3.41. The molecular weight excluding hydrogens is 328 g/mol. The summed E-state index contributed by atoms with van der Waals surface area (Å²) < 4.78 is 1.01. The van der Waals surface area contributed by atoms with Gasteiger partial charge in [-0.15, -0.1) is 0 Å². The van der Waals surface area contributed by atoms with E-state index in [1.54, 1.807) is 0 Å². The van der Waals surface area contributed by atoms with Crippen LogP contribution in [0.15, 0.2) is 28.7 Å². The monoisotopic (exact) mass is 352 g/mol. The minimum Gasteiger partial charge on any atom is -0.306 e. The van der Waals surface area contributed by atoms with Gasteiger partial charge in [-0.1, -0.05) is 28.1 Å². The zero-order valence-corrected chi connectivity index (χ0v) is 14.8. The molecule has 116 valence electrons. The maximum atomic E-state index is 12.5. The van der Waals surface area contributed by atoms with Gasteiger partial charge in [-0.2, -0.15) is 0 Å². The number of rotatable bonds is 5. The second kappa shape index (κ2) is 7.52. The molecule has 0 radical (unpaired) electrons. The number of likely N-dealkylation sites (N-methyl/N-ethyl adjacent to an activating group) is 1. The summed E-state index contributed by atoms with van der Waals surface area (Å²) in [4.78, 5) is 17.1. The van der Waals surface area contributed by atoms with Crippen LogP contribution in [0.4, 0.5) is 0 Å². The third-order valence-electron chi connectivity index (χ3n) is 4.55. The molecule has 1 aromatic carbocycles. The van der Waals surface area contributed by atoms with E-state index < -0.39 is 0 Å². The van der Waals surface area contributed by atoms with Crippen molar-refractivity contribution >= 4 is 21.7 Å². The highest BCUT2D eigenvalue weighted by molar-refractivity contribution is 9.10. The number of nitrogens with zero attached hydrogens (tertiary/aromatic N) is 2. The van der Waals surface area contributed by atoms with Gasteiger partial charge in [0.2, 0.25) is 0 Å². The first-order chi connectivity index (χ1) is 9.97. The second-order valence-corrected chi connectivity index (χ2v) is 7.15. The second-order valence-electron chi connectivity index (χ2n) is 6.23. The predicted octanol–water partition coefficient (Wildman–Crippen LogP) is 3.29. The Morgan fingerprint density at radius 2 is 1.90 bits per heavy atom. The number of hydrogen-bond donors (Lipinski definition) is 0. The molecule has 1 saturated heterocycles. The summed E-state index contributed by atoms with van der Waals surface area (Å²) in [6.07, 6.45) is 2.47. The third kappa shape index (κ3) is 4.63. The molecule has 1 unspecified atom stereocenters. The lowest BCUT2D eigenvalue weighted by Gasteiger charge is -2.33. The quantitative estimate of drug-likeness (QED) is 0.759. The molecule has 0 saturated carbocycles. The van der Waals surface area contributed by atoms with Crippen molar-refractivity contribution in [3.63, 3.8) is 0 Å². The van der Waals surface area contributed by atoms with Gasteiger partial charge in [0.1, 0.15) is 0 Å². The van der Waals surface area contributed by atoms with Gasteiger partial charge in [0.25, 0.3) is 0 Å². The van der Waals surface area contributed by atoms with Crippen LogP contribution in [0, 0.1) is 5.92 Å². The fourth-order valence-corrected chi connectivity index (χ4v) is 3.13. The molecular formula is C17H25BrN2O. The Bertz CT molecular complexity index is 466. The third-order valence-corrected chi connectivity index (χ3v) is 5.08. The molecule has 21 heavy (non-hydrogen) atoms. The smallest absolute Gasteiger partial charge is 0.179 e. The van der Waals surface area contributed by atoms with Crippen LogP contribution in [0.5, 0.6) is 0 Å². The van der Waals surface area contributed by atoms with Gasteiger partial charge in [-0.3, -0.25) is 9.69 Å². The Hall–Kier alpha value is -0.710. The number of likely N-dealkylation sites (tertiary alicyclic amines) is 1. The molecule has 4 heteroatoms. The highest BCUT2D eigenvalue weighted by Gasteiger charge is 2.24. The van der Waals surface area contributed by atoms with Gasteiger partial charge < -0.3 is 4.90 Å². The maximum Gasteiger partial charge on any atom is 0.179 e. The lowest BCUT2D eigenvalue weighted by atomic mass is 9.95. The fourth-order valence-electron chi connectivity index (χ4n) is 2.87. The molecule has 0 aromatic heterocycles. The van der Waals surface area contributed by atoms with Crippen LogP contribution < -0.4 is 0 Å². The minimum absolute atomic E-state index is 0.0640. The zero-order chi connectivity index (χ0) is 15.4. The molecule has 3 nitrogen and oxygen atoms in total. The van der Waals surface area contributed by atoms with Crippen molar-refractivity contribution in [2.75, 3.05) is 33.7 Å². The molecule has 0 spiro atoms. The molecule has 0 N–H and O–H groups in total.